The predicted molar refractivity (Wildman–Crippen MR) is 132 cm³/mol. The minimum atomic E-state index is -5.95. The first-order chi connectivity index (χ1) is 19.8. The van der Waals surface area contributed by atoms with Crippen LogP contribution >= 0.6 is 19.4 Å². The van der Waals surface area contributed by atoms with Crippen LogP contribution < -0.4 is 67.7 Å². The van der Waals surface area contributed by atoms with Crippen molar-refractivity contribution in [2.75, 3.05) is 0 Å². The molecule has 2 atom stereocenters. The van der Waals surface area contributed by atoms with Gasteiger partial charge < -0.3 is 20.0 Å². The third-order valence-electron chi connectivity index (χ3n) is 5.60. The molecule has 1 amide bonds. The van der Waals surface area contributed by atoms with E-state index in [1.807, 2.05) is 0 Å². The zero-order valence-electron chi connectivity index (χ0n) is 22.0. The summed E-state index contributed by atoms with van der Waals surface area (Å²) in [7, 11) is -5.95. The molecule has 0 saturated heterocycles. The van der Waals surface area contributed by atoms with Gasteiger partial charge in [-0.25, -0.2) is 19.1 Å². The average molecular weight is 694 g/mol. The Morgan fingerprint density at radius 3 is 2.25 bits per heavy atom. The van der Waals surface area contributed by atoms with Gasteiger partial charge in [0.15, 0.2) is 17.8 Å². The van der Waals surface area contributed by atoms with Crippen molar-refractivity contribution in [3.63, 3.8) is 0 Å². The fourth-order valence-electron chi connectivity index (χ4n) is 3.83. The molecular weight excluding hydrogens is 678 g/mol. The SMILES string of the molecule is NC(=O)c1nc(Cn2nc(-c3ccc(Cl)cc3)n(C[C@H](OP(=O)([O-])O)C(F)(F)F)c2=O)nn1-c1ccccc1C(F)(F)F.[K+]. The van der Waals surface area contributed by atoms with Gasteiger partial charge in [-0.05, 0) is 36.4 Å². The molecule has 0 aliphatic rings. The predicted octanol–water partition coefficient (Wildman–Crippen LogP) is -0.476. The summed E-state index contributed by atoms with van der Waals surface area (Å²) in [6.07, 6.45) is -13.5. The fraction of sp³-hybridized carbons (Fsp3) is 0.227. The number of benzene rings is 2. The molecule has 2 aromatic carbocycles. The minimum absolute atomic E-state index is 0. The molecule has 0 bridgehead atoms. The number of nitrogens with two attached hydrogens (primary N) is 1. The molecule has 2 aromatic heterocycles. The van der Waals surface area contributed by atoms with E-state index in [0.29, 0.717) is 20.0 Å². The van der Waals surface area contributed by atoms with E-state index >= 15 is 0 Å². The molecule has 2 heterocycles. The summed E-state index contributed by atoms with van der Waals surface area (Å²) in [4.78, 5) is 49.0. The summed E-state index contributed by atoms with van der Waals surface area (Å²) in [6.45, 7) is -2.31. The van der Waals surface area contributed by atoms with Crippen molar-refractivity contribution in [1.29, 1.82) is 0 Å². The van der Waals surface area contributed by atoms with E-state index in [9.17, 15) is 45.4 Å². The number of amides is 1. The van der Waals surface area contributed by atoms with Crippen LogP contribution in [0.15, 0.2) is 53.3 Å². The van der Waals surface area contributed by atoms with E-state index < -0.39 is 79.7 Å². The monoisotopic (exact) mass is 693 g/mol. The summed E-state index contributed by atoms with van der Waals surface area (Å²) in [6, 6.07) is 9.13. The van der Waals surface area contributed by atoms with Crippen molar-refractivity contribution in [3.8, 4) is 17.1 Å². The number of phosphoric acid groups is 1. The number of hydrogen-bond acceptors (Lipinski definition) is 8. The normalized spacial score (nSPS) is 14.1. The van der Waals surface area contributed by atoms with Gasteiger partial charge in [-0.3, -0.25) is 13.9 Å². The standard InChI is InChI=1S/C22H17ClF6N7O6P.K/c23-12-7-5-11(6-8-12)18-33-35(20(38)34(18)9-15(22(27,28)29)42-43(39,40)41)10-16-31-19(17(30)37)36(32-16)14-4-2-1-3-13(14)21(24,25)26;/h1-8,15H,9-10H2,(H2,30,37)(H2,39,40,41);/q;+1/p-1/t15-;/m0./s1. The van der Waals surface area contributed by atoms with Gasteiger partial charge in [0, 0.05) is 10.6 Å². The Labute approximate surface area is 289 Å². The Morgan fingerprint density at radius 1 is 1.09 bits per heavy atom. The van der Waals surface area contributed by atoms with Crippen molar-refractivity contribution < 1.29 is 101 Å². The Kier molecular flexibility index (Phi) is 11.1. The van der Waals surface area contributed by atoms with Gasteiger partial charge in [-0.2, -0.15) is 26.3 Å². The number of alkyl halides is 6. The molecule has 1 unspecified atom stereocenters. The number of rotatable bonds is 9. The maximum absolute atomic E-state index is 13.6. The average Bonchev–Trinajstić information content (AvgIpc) is 3.44. The maximum atomic E-state index is 13.6. The van der Waals surface area contributed by atoms with Gasteiger partial charge in [-0.15, -0.1) is 10.2 Å². The summed E-state index contributed by atoms with van der Waals surface area (Å²) in [5, 5.41) is 8.01. The topological polar surface area (TPSA) is 183 Å². The van der Waals surface area contributed by atoms with Gasteiger partial charge in [0.05, 0.1) is 17.8 Å². The van der Waals surface area contributed by atoms with Crippen molar-refractivity contribution in [2.24, 2.45) is 5.73 Å². The van der Waals surface area contributed by atoms with Gasteiger partial charge in [0.2, 0.25) is 5.82 Å². The second kappa shape index (κ2) is 13.5. The largest absolute Gasteiger partial charge is 1.00 e. The molecule has 3 N–H and O–H groups in total. The molecule has 230 valence electrons. The molecule has 44 heavy (non-hydrogen) atoms. The molecule has 0 aliphatic carbocycles. The first-order valence-corrected chi connectivity index (χ1v) is 13.4. The molecule has 0 aliphatic heterocycles. The number of carbonyl (C=O) groups excluding carboxylic acids is 1. The number of para-hydroxylation sites is 1. The van der Waals surface area contributed by atoms with Crippen LogP contribution in [0.5, 0.6) is 0 Å². The van der Waals surface area contributed by atoms with Crippen LogP contribution in [0.3, 0.4) is 0 Å². The molecule has 0 spiro atoms. The van der Waals surface area contributed by atoms with Crippen LogP contribution in [0.25, 0.3) is 17.1 Å². The molecule has 0 saturated carbocycles. The molecule has 13 nitrogen and oxygen atoms in total. The van der Waals surface area contributed by atoms with Crippen LogP contribution in [0.2, 0.25) is 5.02 Å². The van der Waals surface area contributed by atoms with E-state index in [1.165, 1.54) is 30.3 Å². The number of nitrogens with zero attached hydrogens (tertiary/aromatic N) is 6. The third kappa shape index (κ3) is 8.45. The van der Waals surface area contributed by atoms with Crippen LogP contribution in [0.1, 0.15) is 22.0 Å². The van der Waals surface area contributed by atoms with Gasteiger partial charge in [0.25, 0.3) is 13.7 Å². The molecule has 0 radical (unpaired) electrons. The number of hydrogen-bond donors (Lipinski definition) is 2. The number of phosphoric ester groups is 1. The van der Waals surface area contributed by atoms with E-state index in [4.69, 9.17) is 22.2 Å². The van der Waals surface area contributed by atoms with Crippen molar-refractivity contribution in [1.82, 2.24) is 29.1 Å². The van der Waals surface area contributed by atoms with E-state index in [1.54, 1.807) is 0 Å². The fourth-order valence-corrected chi connectivity index (χ4v) is 4.46. The summed E-state index contributed by atoms with van der Waals surface area (Å²) >= 11 is 5.85. The van der Waals surface area contributed by atoms with Crippen molar-refractivity contribution >= 4 is 25.3 Å². The third-order valence-corrected chi connectivity index (χ3v) is 6.37. The van der Waals surface area contributed by atoms with E-state index in [-0.39, 0.29) is 62.0 Å². The molecule has 0 fully saturated rings. The second-order valence-corrected chi connectivity index (χ2v) is 10.2. The quantitative estimate of drug-likeness (QED) is 0.133. The van der Waals surface area contributed by atoms with Gasteiger partial charge in [0.1, 0.15) is 6.54 Å². The second-order valence-electron chi connectivity index (χ2n) is 8.63. The number of carbonyl (C=O) groups is 1. The Bertz CT molecular complexity index is 1770. The molecule has 4 aromatic rings. The van der Waals surface area contributed by atoms with Crippen LogP contribution in [-0.2, 0) is 28.4 Å². The van der Waals surface area contributed by atoms with Gasteiger partial charge >= 0.3 is 69.4 Å². The van der Waals surface area contributed by atoms with Crippen LogP contribution in [0, 0.1) is 0 Å². The Hall–Kier alpha value is -2.39. The Morgan fingerprint density at radius 2 is 1.70 bits per heavy atom. The first-order valence-electron chi connectivity index (χ1n) is 11.5. The minimum Gasteiger partial charge on any atom is -0.756 e. The summed E-state index contributed by atoms with van der Waals surface area (Å²) < 4.78 is 97.9. The van der Waals surface area contributed by atoms with Crippen LogP contribution in [0.4, 0.5) is 26.3 Å². The molecule has 22 heteroatoms. The number of halogens is 7. The van der Waals surface area contributed by atoms with Crippen molar-refractivity contribution in [3.05, 3.63) is 81.3 Å². The van der Waals surface area contributed by atoms with Crippen LogP contribution in [-0.4, -0.2) is 52.2 Å². The number of aromatic nitrogens is 6. The smallest absolute Gasteiger partial charge is 0.756 e. The molecular formula is C22H16ClF6KN7O6P. The zero-order valence-corrected chi connectivity index (χ0v) is 26.7. The first kappa shape index (κ1) is 36.1. The van der Waals surface area contributed by atoms with E-state index in [0.717, 1.165) is 12.1 Å². The summed E-state index contributed by atoms with van der Waals surface area (Å²) in [5.41, 5.74) is 2.14. The van der Waals surface area contributed by atoms with Gasteiger partial charge in [-0.1, -0.05) is 23.7 Å². The summed E-state index contributed by atoms with van der Waals surface area (Å²) in [5.74, 6) is -3.03. The zero-order chi connectivity index (χ0) is 31.9. The van der Waals surface area contributed by atoms with E-state index in [2.05, 4.69) is 19.7 Å². The number of primary amides is 1. The molecule has 4 rings (SSSR count). The van der Waals surface area contributed by atoms with Crippen molar-refractivity contribution in [2.45, 2.75) is 31.5 Å². The maximum Gasteiger partial charge on any atom is 1.00 e. The Balaban J connectivity index is 0.00000529.